The van der Waals surface area contributed by atoms with Crippen LogP contribution >= 0.6 is 11.3 Å². The van der Waals surface area contributed by atoms with Crippen LogP contribution in [0.25, 0.3) is 0 Å². The summed E-state index contributed by atoms with van der Waals surface area (Å²) >= 11 is 1.74. The lowest BCUT2D eigenvalue weighted by atomic mass is 10.1. The first-order chi connectivity index (χ1) is 11.7. The molecular weight excluding hydrogens is 327 g/mol. The molecule has 2 heterocycles. The average Bonchev–Trinajstić information content (AvgIpc) is 3.06. The number of carbonyl (C=O) groups is 1. The maximum Gasteiger partial charge on any atom is 0.317 e. The summed E-state index contributed by atoms with van der Waals surface area (Å²) in [6, 6.07) is 8.24. The fourth-order valence-corrected chi connectivity index (χ4v) is 3.57. The van der Waals surface area contributed by atoms with E-state index in [1.165, 1.54) is 16.5 Å². The molecule has 1 aromatic heterocycles. The van der Waals surface area contributed by atoms with E-state index in [0.717, 1.165) is 13.0 Å². The number of urea groups is 1. The molecule has 3 rings (SSSR count). The predicted octanol–water partition coefficient (Wildman–Crippen LogP) is 2.94. The van der Waals surface area contributed by atoms with Crippen LogP contribution in [0.5, 0.6) is 0 Å². The molecule has 5 nitrogen and oxygen atoms in total. The van der Waals surface area contributed by atoms with E-state index in [4.69, 9.17) is 5.26 Å². The molecule has 0 unspecified atom stereocenters. The highest BCUT2D eigenvalue weighted by molar-refractivity contribution is 7.10. The van der Waals surface area contributed by atoms with Gasteiger partial charge in [-0.3, -0.25) is 0 Å². The fraction of sp³-hybridized carbons (Fsp3) is 0.294. The minimum Gasteiger partial charge on any atom is -0.382 e. The topological polar surface area (TPSA) is 68.2 Å². The van der Waals surface area contributed by atoms with E-state index >= 15 is 0 Å². The minimum atomic E-state index is -0.550. The van der Waals surface area contributed by atoms with E-state index in [-0.39, 0.29) is 11.6 Å². The second-order valence-electron chi connectivity index (χ2n) is 5.47. The molecule has 0 bridgehead atoms. The van der Waals surface area contributed by atoms with Gasteiger partial charge in [0.05, 0.1) is 5.69 Å². The van der Waals surface area contributed by atoms with Gasteiger partial charge in [-0.1, -0.05) is 6.07 Å². The Morgan fingerprint density at radius 1 is 1.38 bits per heavy atom. The molecule has 24 heavy (non-hydrogen) atoms. The Kier molecular flexibility index (Phi) is 4.96. The fourth-order valence-electron chi connectivity index (χ4n) is 2.69. The molecule has 0 spiro atoms. The Hall–Kier alpha value is -2.59. The van der Waals surface area contributed by atoms with Gasteiger partial charge < -0.3 is 15.5 Å². The molecule has 2 N–H and O–H groups in total. The lowest BCUT2D eigenvalue weighted by Gasteiger charge is -2.27. The molecule has 124 valence electrons. The first kappa shape index (κ1) is 16.3. The summed E-state index contributed by atoms with van der Waals surface area (Å²) in [5.74, 6) is -0.550. The van der Waals surface area contributed by atoms with Crippen LogP contribution in [0.3, 0.4) is 0 Å². The van der Waals surface area contributed by atoms with Crippen LogP contribution in [0.15, 0.2) is 29.6 Å². The number of hydrogen-bond donors (Lipinski definition) is 2. The molecule has 1 aliphatic rings. The maximum atomic E-state index is 13.5. The highest BCUT2D eigenvalue weighted by Crippen LogP contribution is 2.23. The minimum absolute atomic E-state index is 0.00940. The lowest BCUT2D eigenvalue weighted by molar-refractivity contribution is 0.193. The smallest absolute Gasteiger partial charge is 0.317 e. The Labute approximate surface area is 143 Å². The summed E-state index contributed by atoms with van der Waals surface area (Å²) in [6.45, 7) is 2.17. The zero-order valence-corrected chi connectivity index (χ0v) is 13.8. The van der Waals surface area contributed by atoms with Crippen molar-refractivity contribution in [2.75, 3.05) is 25.0 Å². The number of amides is 2. The van der Waals surface area contributed by atoms with E-state index < -0.39 is 5.82 Å². The molecular formula is C17H17FN4OS. The molecule has 7 heteroatoms. The van der Waals surface area contributed by atoms with Crippen molar-refractivity contribution in [3.05, 3.63) is 51.5 Å². The van der Waals surface area contributed by atoms with E-state index in [0.29, 0.717) is 25.3 Å². The first-order valence-corrected chi connectivity index (χ1v) is 8.57. The molecule has 0 aliphatic carbocycles. The molecule has 1 aromatic carbocycles. The van der Waals surface area contributed by atoms with Crippen LogP contribution in [-0.4, -0.2) is 30.6 Å². The Balaban J connectivity index is 1.47. The van der Waals surface area contributed by atoms with Gasteiger partial charge in [0.15, 0.2) is 0 Å². The van der Waals surface area contributed by atoms with Gasteiger partial charge in [0.2, 0.25) is 0 Å². The highest BCUT2D eigenvalue weighted by atomic mass is 32.1. The van der Waals surface area contributed by atoms with Gasteiger partial charge in [0.1, 0.15) is 17.4 Å². The Bertz CT molecular complexity index is 783. The van der Waals surface area contributed by atoms with Crippen molar-refractivity contribution in [1.29, 1.82) is 5.26 Å². The Morgan fingerprint density at radius 2 is 2.25 bits per heavy atom. The molecule has 1 aliphatic heterocycles. The summed E-state index contributed by atoms with van der Waals surface area (Å²) in [4.78, 5) is 15.3. The number of carbonyl (C=O) groups excluding carboxylic acids is 1. The van der Waals surface area contributed by atoms with Crippen molar-refractivity contribution in [2.24, 2.45) is 0 Å². The third-order valence-electron chi connectivity index (χ3n) is 3.94. The molecule has 0 saturated heterocycles. The van der Waals surface area contributed by atoms with Gasteiger partial charge in [-0.15, -0.1) is 11.3 Å². The average molecular weight is 344 g/mol. The van der Waals surface area contributed by atoms with Gasteiger partial charge in [-0.25, -0.2) is 9.18 Å². The SMILES string of the molecule is N#Cc1c(F)cccc1NCCNC(=O)N1CCc2sccc2C1. The normalized spacial score (nSPS) is 13.1. The third kappa shape index (κ3) is 3.49. The van der Waals surface area contributed by atoms with E-state index in [1.54, 1.807) is 28.4 Å². The van der Waals surface area contributed by atoms with Crippen molar-refractivity contribution >= 4 is 23.1 Å². The molecule has 2 amide bonds. The molecule has 0 fully saturated rings. The second-order valence-corrected chi connectivity index (χ2v) is 6.47. The molecule has 0 atom stereocenters. The zero-order valence-electron chi connectivity index (χ0n) is 13.0. The number of anilines is 1. The largest absolute Gasteiger partial charge is 0.382 e. The number of halogens is 1. The maximum absolute atomic E-state index is 13.5. The molecule has 0 radical (unpaired) electrons. The van der Waals surface area contributed by atoms with Gasteiger partial charge in [-0.2, -0.15) is 5.26 Å². The standard InChI is InChI=1S/C17H17FN4OS/c18-14-2-1-3-15(13(14)10-19)20-6-7-21-17(23)22-8-4-16-12(11-22)5-9-24-16/h1-3,5,9,20H,4,6-8,11H2,(H,21,23). The number of nitrogens with one attached hydrogen (secondary N) is 2. The Morgan fingerprint density at radius 3 is 3.08 bits per heavy atom. The monoisotopic (exact) mass is 344 g/mol. The number of hydrogen-bond acceptors (Lipinski definition) is 4. The number of fused-ring (bicyclic) bond motifs is 1. The van der Waals surface area contributed by atoms with E-state index in [2.05, 4.69) is 22.1 Å². The van der Waals surface area contributed by atoms with Gasteiger partial charge in [0, 0.05) is 31.1 Å². The number of nitriles is 1. The van der Waals surface area contributed by atoms with Crippen molar-refractivity contribution in [3.63, 3.8) is 0 Å². The van der Waals surface area contributed by atoms with Crippen molar-refractivity contribution in [1.82, 2.24) is 10.2 Å². The van der Waals surface area contributed by atoms with Gasteiger partial charge >= 0.3 is 6.03 Å². The summed E-state index contributed by atoms with van der Waals surface area (Å²) in [5.41, 5.74) is 1.65. The number of nitrogens with zero attached hydrogens (tertiary/aromatic N) is 2. The summed E-state index contributed by atoms with van der Waals surface area (Å²) < 4.78 is 13.5. The van der Waals surface area contributed by atoms with Crippen LogP contribution in [0.4, 0.5) is 14.9 Å². The van der Waals surface area contributed by atoms with Crippen molar-refractivity contribution < 1.29 is 9.18 Å². The van der Waals surface area contributed by atoms with Gasteiger partial charge in [-0.05, 0) is 35.6 Å². The number of rotatable bonds is 4. The van der Waals surface area contributed by atoms with Gasteiger partial charge in [0.25, 0.3) is 0 Å². The van der Waals surface area contributed by atoms with Crippen LogP contribution in [0.2, 0.25) is 0 Å². The van der Waals surface area contributed by atoms with E-state index in [1.807, 2.05) is 6.07 Å². The molecule has 0 saturated carbocycles. The number of benzene rings is 1. The highest BCUT2D eigenvalue weighted by Gasteiger charge is 2.20. The molecule has 2 aromatic rings. The van der Waals surface area contributed by atoms with Crippen LogP contribution in [-0.2, 0) is 13.0 Å². The quantitative estimate of drug-likeness (QED) is 0.838. The van der Waals surface area contributed by atoms with Crippen molar-refractivity contribution in [2.45, 2.75) is 13.0 Å². The summed E-state index contributed by atoms with van der Waals surface area (Å²) in [5, 5.41) is 16.9. The summed E-state index contributed by atoms with van der Waals surface area (Å²) in [6.07, 6.45) is 0.896. The summed E-state index contributed by atoms with van der Waals surface area (Å²) in [7, 11) is 0. The van der Waals surface area contributed by atoms with E-state index in [9.17, 15) is 9.18 Å². The number of thiophene rings is 1. The van der Waals surface area contributed by atoms with Crippen LogP contribution in [0.1, 0.15) is 16.0 Å². The van der Waals surface area contributed by atoms with Crippen LogP contribution < -0.4 is 10.6 Å². The van der Waals surface area contributed by atoms with Crippen LogP contribution in [0, 0.1) is 17.1 Å². The third-order valence-corrected chi connectivity index (χ3v) is 4.96. The first-order valence-electron chi connectivity index (χ1n) is 7.69. The zero-order chi connectivity index (χ0) is 16.9. The second kappa shape index (κ2) is 7.32. The van der Waals surface area contributed by atoms with Crippen molar-refractivity contribution in [3.8, 4) is 6.07 Å². The lowest BCUT2D eigenvalue weighted by Crippen LogP contribution is -2.43. The predicted molar refractivity (Wildman–Crippen MR) is 91.4 cm³/mol.